The lowest BCUT2D eigenvalue weighted by Gasteiger charge is -2.67. The number of aliphatic hydroxyl groups is 3. The molecular weight excluding hydrogens is 1330 g/mol. The maximum Gasteiger partial charge on any atom is 0.408 e. The van der Waals surface area contributed by atoms with E-state index in [4.69, 9.17) is 28.4 Å². The summed E-state index contributed by atoms with van der Waals surface area (Å²) in [5, 5.41) is 71.2. The van der Waals surface area contributed by atoms with Crippen LogP contribution in [0.5, 0.6) is 11.5 Å². The summed E-state index contributed by atoms with van der Waals surface area (Å²) in [6, 6.07) is 23.5. The van der Waals surface area contributed by atoms with Gasteiger partial charge in [0, 0.05) is 91.9 Å². The van der Waals surface area contributed by atoms with Crippen molar-refractivity contribution in [3.8, 4) is 28.6 Å². The quantitative estimate of drug-likeness (QED) is 0.0276. The fraction of sp³-hybridized carbons (Fsp3) is 0.519. The van der Waals surface area contributed by atoms with Gasteiger partial charge < -0.3 is 73.6 Å². The molecule has 26 nitrogen and oxygen atoms in total. The molecule has 548 valence electrons. The average molecular weight is 1420 g/mol. The predicted octanol–water partition coefficient (Wildman–Crippen LogP) is 7.76. The number of hydrogen-bond acceptors (Lipinski definition) is 21. The summed E-state index contributed by atoms with van der Waals surface area (Å²) >= 11 is 0. The number of carbonyl (C=O) groups is 7. The van der Waals surface area contributed by atoms with Crippen molar-refractivity contribution >= 4 is 52.6 Å². The number of esters is 4. The van der Waals surface area contributed by atoms with Crippen LogP contribution < -0.4 is 11.0 Å². The monoisotopic (exact) mass is 1420 g/mol. The highest BCUT2D eigenvalue weighted by atomic mass is 16.6. The van der Waals surface area contributed by atoms with Crippen LogP contribution in [0.4, 0.5) is 4.79 Å². The predicted molar refractivity (Wildman–Crippen MR) is 371 cm³/mol. The first-order chi connectivity index (χ1) is 48.8. The number of rotatable bonds is 16. The Labute approximate surface area is 595 Å². The minimum atomic E-state index is -2.49. The van der Waals surface area contributed by atoms with E-state index in [0.717, 1.165) is 62.3 Å². The highest BCUT2D eigenvalue weighted by molar-refractivity contribution is 5.95. The number of fused-ring (bicyclic) bond motifs is 11. The number of piperidine rings is 2. The molecule has 26 heteroatoms. The molecule has 3 aliphatic carbocycles. The Morgan fingerprint density at radius 3 is 2.19 bits per heavy atom. The molecule has 6 heterocycles. The second-order valence-electron chi connectivity index (χ2n) is 30.7. The topological polar surface area (TPSA) is 350 Å². The first kappa shape index (κ1) is 72.2. The number of Topliss-reactive ketones (excluding diaryl/α,β-unsaturated/α-hetero) is 1. The number of nitrogens with zero attached hydrogens (tertiary/aromatic N) is 5. The van der Waals surface area contributed by atoms with Crippen molar-refractivity contribution in [2.24, 2.45) is 22.7 Å². The molecule has 2 saturated carbocycles. The zero-order valence-corrected chi connectivity index (χ0v) is 59.4. The molecule has 5 fully saturated rings. The summed E-state index contributed by atoms with van der Waals surface area (Å²) in [7, 11) is 0. The van der Waals surface area contributed by atoms with E-state index >= 15 is 9.59 Å². The van der Waals surface area contributed by atoms with Crippen LogP contribution in [0.2, 0.25) is 0 Å². The molecule has 4 aromatic carbocycles. The number of aromatic hydroxyl groups is 2. The number of aryl methyl sites for hydroxylation is 1. The number of aliphatic hydroxyl groups excluding tert-OH is 2. The lowest BCUT2D eigenvalue weighted by molar-refractivity contribution is -0.346. The number of H-pyrrole nitrogens is 1. The number of benzene rings is 4. The molecule has 13 rings (SSSR count). The SMILES string of the molecule is CC(=O)O[C@@]12CO[C@@H]1C[C@H](O)[C@@]1(C)C(=O)[C@H](O)C3=C(C)[C@@H](OC(=O)[C@H](OC(=O)CCC(=O)N4CCC(N5CCC(CCn6cc7c8cc(ccc86)-n6c(n[nH]c6=O)-c6cc(c(O)cc6O)C7C)CC5)CC4)[C@@H](NC(=O)OC(C)(C)C)c4ccccc4)C[C@@](O)([C@@H](OC(=O)c4ccccc4)[C@H]21)C3(C)C. The third-order valence-corrected chi connectivity index (χ3v) is 23.3. The van der Waals surface area contributed by atoms with E-state index in [1.807, 2.05) is 25.1 Å². The van der Waals surface area contributed by atoms with E-state index in [9.17, 15) is 54.3 Å². The molecule has 1 unspecified atom stereocenters. The van der Waals surface area contributed by atoms with Gasteiger partial charge in [-0.05, 0) is 144 Å². The molecule has 2 amide bonds. The summed E-state index contributed by atoms with van der Waals surface area (Å²) in [6.45, 7) is 17.0. The number of aromatic amines is 1. The molecule has 3 saturated heterocycles. The van der Waals surface area contributed by atoms with Gasteiger partial charge in [0.05, 0.1) is 47.3 Å². The van der Waals surface area contributed by atoms with Crippen LogP contribution in [-0.4, -0.2) is 189 Å². The summed E-state index contributed by atoms with van der Waals surface area (Å²) in [4.78, 5) is 119. The maximum atomic E-state index is 15.5. The number of phenols is 2. The lowest BCUT2D eigenvalue weighted by atomic mass is 9.44. The van der Waals surface area contributed by atoms with Crippen LogP contribution in [0, 0.1) is 22.7 Å². The number of ether oxygens (including phenoxy) is 6. The van der Waals surface area contributed by atoms with Crippen LogP contribution in [0.25, 0.3) is 28.0 Å². The molecule has 6 aromatic rings. The fourth-order valence-electron chi connectivity index (χ4n) is 17.6. The number of amides is 2. The number of aromatic nitrogens is 4. The minimum absolute atomic E-state index is 0.0359. The van der Waals surface area contributed by atoms with Gasteiger partial charge in [0.15, 0.2) is 17.2 Å². The van der Waals surface area contributed by atoms with Gasteiger partial charge in [-0.2, -0.15) is 5.10 Å². The average Bonchev–Trinajstić information content (AvgIpc) is 1.34. The second-order valence-corrected chi connectivity index (χ2v) is 30.7. The number of likely N-dealkylation sites (tertiary alicyclic amines) is 2. The molecule has 4 aliphatic heterocycles. The van der Waals surface area contributed by atoms with Crippen LogP contribution in [0.1, 0.15) is 159 Å². The van der Waals surface area contributed by atoms with Crippen LogP contribution in [0.3, 0.4) is 0 Å². The first-order valence-electron chi connectivity index (χ1n) is 35.6. The summed E-state index contributed by atoms with van der Waals surface area (Å²) in [5.41, 5.74) is -5.92. The van der Waals surface area contributed by atoms with Crippen LogP contribution in [-0.2, 0) is 58.9 Å². The molecule has 2 aromatic heterocycles. The third-order valence-electron chi connectivity index (χ3n) is 23.3. The maximum absolute atomic E-state index is 15.5. The zero-order valence-electron chi connectivity index (χ0n) is 59.4. The molecule has 103 heavy (non-hydrogen) atoms. The molecule has 6 bridgehead atoms. The van der Waals surface area contributed by atoms with E-state index in [1.54, 1.807) is 80.3 Å². The normalized spacial score (nSPS) is 27.5. The highest BCUT2D eigenvalue weighted by Gasteiger charge is 2.78. The van der Waals surface area contributed by atoms with Gasteiger partial charge in [-0.15, -0.1) is 0 Å². The van der Waals surface area contributed by atoms with E-state index in [2.05, 4.69) is 31.2 Å². The van der Waals surface area contributed by atoms with Crippen molar-refractivity contribution in [2.75, 3.05) is 32.8 Å². The van der Waals surface area contributed by atoms with Gasteiger partial charge in [0.25, 0.3) is 0 Å². The Morgan fingerprint density at radius 2 is 1.53 bits per heavy atom. The summed E-state index contributed by atoms with van der Waals surface area (Å²) < 4.78 is 40.4. The number of alkyl carbamates (subject to hydrolysis) is 1. The lowest BCUT2D eigenvalue weighted by Crippen LogP contribution is -2.81. The number of ketones is 1. The molecule has 0 spiro atoms. The molecule has 12 atom stereocenters. The summed E-state index contributed by atoms with van der Waals surface area (Å²) in [5.74, 6) is -6.78. The van der Waals surface area contributed by atoms with Crippen molar-refractivity contribution in [1.82, 2.24) is 34.4 Å². The van der Waals surface area contributed by atoms with Crippen molar-refractivity contribution in [2.45, 2.75) is 198 Å². The van der Waals surface area contributed by atoms with E-state index in [-0.39, 0.29) is 76.9 Å². The van der Waals surface area contributed by atoms with Crippen molar-refractivity contribution < 1.29 is 87.5 Å². The smallest absolute Gasteiger partial charge is 0.408 e. The second kappa shape index (κ2) is 27.4. The van der Waals surface area contributed by atoms with Gasteiger partial charge in [0.1, 0.15) is 53.2 Å². The number of carbonyl (C=O) groups excluding carboxylic acids is 7. The molecular formula is C77H91N7O19. The van der Waals surface area contributed by atoms with E-state index < -0.39 is 131 Å². The van der Waals surface area contributed by atoms with Crippen molar-refractivity contribution in [3.05, 3.63) is 141 Å². The Morgan fingerprint density at radius 1 is 0.845 bits per heavy atom. The Kier molecular flexibility index (Phi) is 19.2. The van der Waals surface area contributed by atoms with Gasteiger partial charge in [0.2, 0.25) is 12.0 Å². The van der Waals surface area contributed by atoms with Gasteiger partial charge in [-0.3, -0.25) is 19.2 Å². The molecule has 7 N–H and O–H groups in total. The Hall–Kier alpha value is -9.21. The van der Waals surface area contributed by atoms with Gasteiger partial charge >= 0.3 is 35.7 Å². The van der Waals surface area contributed by atoms with Gasteiger partial charge in [-0.1, -0.05) is 69.3 Å². The van der Waals surface area contributed by atoms with Crippen molar-refractivity contribution in [3.63, 3.8) is 0 Å². The summed E-state index contributed by atoms with van der Waals surface area (Å²) in [6.07, 6.45) is -6.58. The fourth-order valence-corrected chi connectivity index (χ4v) is 17.6. The van der Waals surface area contributed by atoms with E-state index in [0.29, 0.717) is 48.7 Å². The molecule has 7 aliphatic rings. The zero-order chi connectivity index (χ0) is 73.6. The Bertz CT molecular complexity index is 4410. The van der Waals surface area contributed by atoms with Crippen LogP contribution in [0.15, 0.2) is 113 Å². The van der Waals surface area contributed by atoms with Crippen LogP contribution >= 0.6 is 0 Å². The number of phenolic OH excluding ortho intramolecular Hbond substituents is 2. The standard InChI is InChI=1S/C77H91N7O19/c1-41-49-35-51(55(87)36-54(49)86)68-79-80-71(95)84(68)48-20-21-53-50(34-48)52(41)39-83(53)31-26-44-24-29-81(30-25-44)47-27-32-82(33-28-47)59(89)22-23-60(90)100-64(62(45-16-12-10-13-17-45)78-72(96)103-73(4,5)6)70(94)99-56-38-77(97)67(101-69(93)46-18-14-11-15-19-46)65-75(9,66(92)63(91)61(42(56)2)74(77,7)8)57(88)37-58-76(65,40-98-58)102-43(3)85/h10-21,34-36,39,41,44,47,56-58,62-65,67,86-88,91,97H,22-33,37-38,40H2,1-9H3,(H,78,96)(H,80,95)/t41?,56-,57-,58+,62-,63+,64+,65-,67-,75+,76-,77+/m0/s1. The number of hydrogen-bond donors (Lipinski definition) is 7. The Balaban J connectivity index is 0.698. The third kappa shape index (κ3) is 13.0. The minimum Gasteiger partial charge on any atom is -0.508 e. The van der Waals surface area contributed by atoms with E-state index in [1.165, 1.54) is 50.5 Å². The van der Waals surface area contributed by atoms with Crippen molar-refractivity contribution in [1.29, 1.82) is 0 Å². The largest absolute Gasteiger partial charge is 0.508 e. The number of nitrogens with one attached hydrogen (secondary N) is 2. The van der Waals surface area contributed by atoms with Gasteiger partial charge in [-0.25, -0.2) is 28.8 Å². The molecule has 0 radical (unpaired) electrons. The highest BCUT2D eigenvalue weighted by Crippen LogP contribution is 2.64. The first-order valence-corrected chi connectivity index (χ1v) is 35.6.